The van der Waals surface area contributed by atoms with Crippen LogP contribution in [-0.2, 0) is 6.54 Å². The molecular weight excluding hydrogens is 200 g/mol. The number of nitrogens with two attached hydrogens (primary N) is 1. The van der Waals surface area contributed by atoms with E-state index in [9.17, 15) is 0 Å². The molecule has 0 aromatic carbocycles. The Labute approximate surface area is 97.1 Å². The molecule has 0 radical (unpaired) electrons. The Morgan fingerprint density at radius 3 is 3.00 bits per heavy atom. The number of likely N-dealkylation sites (N-methyl/N-ethyl adjacent to an activating group) is 1. The lowest BCUT2D eigenvalue weighted by Gasteiger charge is -2.38. The zero-order chi connectivity index (χ0) is 11.5. The topological polar surface area (TPSA) is 45.4 Å². The standard InChI is InChI=1S/C12H20N4/c1-10-9-16(7-6-15(10)2)12-11(8-13)4-3-5-14-12/h3-5,10H,6-9,13H2,1-2H3/t10-/m0/s1. The molecule has 0 unspecified atom stereocenters. The van der Waals surface area contributed by atoms with Crippen LogP contribution < -0.4 is 10.6 Å². The van der Waals surface area contributed by atoms with Gasteiger partial charge in [0.1, 0.15) is 5.82 Å². The van der Waals surface area contributed by atoms with Crippen LogP contribution in [0, 0.1) is 0 Å². The summed E-state index contributed by atoms with van der Waals surface area (Å²) in [5.74, 6) is 1.06. The summed E-state index contributed by atoms with van der Waals surface area (Å²) in [5.41, 5.74) is 6.88. The molecule has 0 bridgehead atoms. The second-order valence-electron chi connectivity index (χ2n) is 4.47. The summed E-state index contributed by atoms with van der Waals surface area (Å²) in [4.78, 5) is 9.18. The molecule has 4 nitrogen and oxygen atoms in total. The lowest BCUT2D eigenvalue weighted by atomic mass is 10.1. The first-order chi connectivity index (χ1) is 7.72. The van der Waals surface area contributed by atoms with E-state index in [4.69, 9.17) is 5.73 Å². The molecule has 0 spiro atoms. The van der Waals surface area contributed by atoms with Gasteiger partial charge in [0.25, 0.3) is 0 Å². The van der Waals surface area contributed by atoms with E-state index in [0.29, 0.717) is 12.6 Å². The normalized spacial score (nSPS) is 22.4. The van der Waals surface area contributed by atoms with Gasteiger partial charge in [0.2, 0.25) is 0 Å². The molecule has 4 heteroatoms. The van der Waals surface area contributed by atoms with Gasteiger partial charge in [-0.3, -0.25) is 0 Å². The van der Waals surface area contributed by atoms with E-state index < -0.39 is 0 Å². The van der Waals surface area contributed by atoms with Crippen molar-refractivity contribution in [3.8, 4) is 0 Å². The first-order valence-corrected chi connectivity index (χ1v) is 5.81. The summed E-state index contributed by atoms with van der Waals surface area (Å²) in [6, 6.07) is 4.58. The number of anilines is 1. The van der Waals surface area contributed by atoms with Crippen LogP contribution in [0.1, 0.15) is 12.5 Å². The molecule has 1 fully saturated rings. The van der Waals surface area contributed by atoms with Crippen molar-refractivity contribution in [3.05, 3.63) is 23.9 Å². The van der Waals surface area contributed by atoms with E-state index in [-0.39, 0.29) is 0 Å². The Morgan fingerprint density at radius 1 is 1.50 bits per heavy atom. The van der Waals surface area contributed by atoms with Crippen LogP contribution in [0.25, 0.3) is 0 Å². The van der Waals surface area contributed by atoms with E-state index in [1.165, 1.54) is 0 Å². The predicted molar refractivity (Wildman–Crippen MR) is 66.4 cm³/mol. The first-order valence-electron chi connectivity index (χ1n) is 5.81. The Kier molecular flexibility index (Phi) is 3.41. The highest BCUT2D eigenvalue weighted by atomic mass is 15.3. The van der Waals surface area contributed by atoms with Crippen LogP contribution in [0.3, 0.4) is 0 Å². The summed E-state index contributed by atoms with van der Waals surface area (Å²) < 4.78 is 0. The minimum atomic E-state index is 0.559. The van der Waals surface area contributed by atoms with E-state index in [1.54, 1.807) is 0 Å². The van der Waals surface area contributed by atoms with Crippen molar-refractivity contribution in [3.63, 3.8) is 0 Å². The largest absolute Gasteiger partial charge is 0.354 e. The van der Waals surface area contributed by atoms with Crippen LogP contribution >= 0.6 is 0 Å². The van der Waals surface area contributed by atoms with E-state index in [2.05, 4.69) is 34.8 Å². The zero-order valence-corrected chi connectivity index (χ0v) is 10.1. The van der Waals surface area contributed by atoms with Gasteiger partial charge in [-0.15, -0.1) is 0 Å². The van der Waals surface area contributed by atoms with E-state index >= 15 is 0 Å². The van der Waals surface area contributed by atoms with Crippen LogP contribution in [-0.4, -0.2) is 42.6 Å². The Bertz CT molecular complexity index is 353. The van der Waals surface area contributed by atoms with Crippen LogP contribution in [0.4, 0.5) is 5.82 Å². The Morgan fingerprint density at radius 2 is 2.31 bits per heavy atom. The molecule has 1 saturated heterocycles. The van der Waals surface area contributed by atoms with Crippen molar-refractivity contribution in [1.82, 2.24) is 9.88 Å². The number of hydrogen-bond donors (Lipinski definition) is 1. The SMILES string of the molecule is C[C@H]1CN(c2ncccc2CN)CCN1C. The van der Waals surface area contributed by atoms with Crippen molar-refractivity contribution in [2.24, 2.45) is 5.73 Å². The molecule has 0 aliphatic carbocycles. The lowest BCUT2D eigenvalue weighted by Crippen LogP contribution is -2.50. The minimum Gasteiger partial charge on any atom is -0.354 e. The predicted octanol–water partition coefficient (Wildman–Crippen LogP) is 0.681. The maximum atomic E-state index is 5.74. The third-order valence-corrected chi connectivity index (χ3v) is 3.35. The third-order valence-electron chi connectivity index (χ3n) is 3.35. The van der Waals surface area contributed by atoms with Crippen molar-refractivity contribution >= 4 is 5.82 Å². The molecule has 1 atom stereocenters. The maximum Gasteiger partial charge on any atom is 0.133 e. The van der Waals surface area contributed by atoms with E-state index in [0.717, 1.165) is 31.0 Å². The molecular formula is C12H20N4. The average Bonchev–Trinajstić information content (AvgIpc) is 2.32. The van der Waals surface area contributed by atoms with Gasteiger partial charge in [-0.2, -0.15) is 0 Å². The molecule has 1 aromatic heterocycles. The number of piperazine rings is 1. The summed E-state index contributed by atoms with van der Waals surface area (Å²) in [5, 5.41) is 0. The number of rotatable bonds is 2. The highest BCUT2D eigenvalue weighted by Gasteiger charge is 2.22. The van der Waals surface area contributed by atoms with Crippen LogP contribution in [0.2, 0.25) is 0 Å². The molecule has 2 rings (SSSR count). The Balaban J connectivity index is 2.18. The second-order valence-corrected chi connectivity index (χ2v) is 4.47. The fourth-order valence-electron chi connectivity index (χ4n) is 2.12. The van der Waals surface area contributed by atoms with Gasteiger partial charge < -0.3 is 15.5 Å². The molecule has 1 aromatic rings. The molecule has 1 aliphatic rings. The second kappa shape index (κ2) is 4.80. The molecule has 0 amide bonds. The smallest absolute Gasteiger partial charge is 0.133 e. The quantitative estimate of drug-likeness (QED) is 0.796. The monoisotopic (exact) mass is 220 g/mol. The molecule has 1 aliphatic heterocycles. The van der Waals surface area contributed by atoms with Crippen LogP contribution in [0.15, 0.2) is 18.3 Å². The molecule has 2 heterocycles. The first kappa shape index (κ1) is 11.4. The molecule has 16 heavy (non-hydrogen) atoms. The fourth-order valence-corrected chi connectivity index (χ4v) is 2.12. The van der Waals surface area contributed by atoms with Gasteiger partial charge in [0.15, 0.2) is 0 Å². The average molecular weight is 220 g/mol. The lowest BCUT2D eigenvalue weighted by molar-refractivity contribution is 0.233. The van der Waals surface area contributed by atoms with Crippen molar-refractivity contribution in [2.45, 2.75) is 19.5 Å². The Hall–Kier alpha value is -1.13. The van der Waals surface area contributed by atoms with Crippen molar-refractivity contribution in [1.29, 1.82) is 0 Å². The van der Waals surface area contributed by atoms with Gasteiger partial charge in [-0.05, 0) is 20.0 Å². The number of hydrogen-bond acceptors (Lipinski definition) is 4. The summed E-state index contributed by atoms with van der Waals surface area (Å²) >= 11 is 0. The summed E-state index contributed by atoms with van der Waals surface area (Å²) in [6.45, 7) is 5.95. The number of aromatic nitrogens is 1. The van der Waals surface area contributed by atoms with Gasteiger partial charge in [-0.25, -0.2) is 4.98 Å². The van der Waals surface area contributed by atoms with Gasteiger partial charge in [0.05, 0.1) is 0 Å². The van der Waals surface area contributed by atoms with Crippen molar-refractivity contribution in [2.75, 3.05) is 31.6 Å². The minimum absolute atomic E-state index is 0.559. The van der Waals surface area contributed by atoms with Gasteiger partial charge in [0, 0.05) is 44.0 Å². The van der Waals surface area contributed by atoms with Crippen molar-refractivity contribution < 1.29 is 0 Å². The fraction of sp³-hybridized carbons (Fsp3) is 0.583. The maximum absolute atomic E-state index is 5.74. The molecule has 2 N–H and O–H groups in total. The third kappa shape index (κ3) is 2.18. The number of nitrogens with zero attached hydrogens (tertiary/aromatic N) is 3. The molecule has 0 saturated carbocycles. The van der Waals surface area contributed by atoms with Gasteiger partial charge in [-0.1, -0.05) is 6.07 Å². The highest BCUT2D eigenvalue weighted by molar-refractivity contribution is 5.47. The van der Waals surface area contributed by atoms with Crippen LogP contribution in [0.5, 0.6) is 0 Å². The zero-order valence-electron chi connectivity index (χ0n) is 10.1. The highest BCUT2D eigenvalue weighted by Crippen LogP contribution is 2.19. The van der Waals surface area contributed by atoms with Gasteiger partial charge >= 0.3 is 0 Å². The number of pyridine rings is 1. The molecule has 88 valence electrons. The summed E-state index contributed by atoms with van der Waals surface area (Å²) in [6.07, 6.45) is 1.84. The van der Waals surface area contributed by atoms with E-state index in [1.807, 2.05) is 12.3 Å². The summed E-state index contributed by atoms with van der Waals surface area (Å²) in [7, 11) is 2.17.